The van der Waals surface area contributed by atoms with Gasteiger partial charge in [0.2, 0.25) is 0 Å². The van der Waals surface area contributed by atoms with Crippen LogP contribution in [0.5, 0.6) is 5.75 Å². The first-order valence-corrected chi connectivity index (χ1v) is 14.5. The molecule has 0 bridgehead atoms. The Labute approximate surface area is 231 Å². The summed E-state index contributed by atoms with van der Waals surface area (Å²) in [7, 11) is 1.60. The van der Waals surface area contributed by atoms with E-state index in [0.29, 0.717) is 49.0 Å². The fourth-order valence-corrected chi connectivity index (χ4v) is 4.77. The van der Waals surface area contributed by atoms with Gasteiger partial charge in [0, 0.05) is 12.0 Å². The summed E-state index contributed by atoms with van der Waals surface area (Å²) in [6, 6.07) is 7.49. The Morgan fingerprint density at radius 1 is 0.842 bits per heavy atom. The average Bonchev–Trinajstić information content (AvgIpc) is 2.88. The number of hydrogen-bond donors (Lipinski definition) is 2. The van der Waals surface area contributed by atoms with Crippen LogP contribution in [0.1, 0.15) is 106 Å². The molecule has 0 spiro atoms. The third-order valence-corrected chi connectivity index (χ3v) is 7.27. The van der Waals surface area contributed by atoms with Crippen LogP contribution in [-0.4, -0.2) is 28.9 Å². The van der Waals surface area contributed by atoms with Gasteiger partial charge >= 0.3 is 0 Å². The summed E-state index contributed by atoms with van der Waals surface area (Å²) >= 11 is 0. The minimum absolute atomic E-state index is 0.0151. The van der Waals surface area contributed by atoms with Crippen molar-refractivity contribution in [2.45, 2.75) is 107 Å². The number of allylic oxidation sites excluding steroid dienone is 3. The highest BCUT2D eigenvalue weighted by Gasteiger charge is 2.50. The van der Waals surface area contributed by atoms with Crippen LogP contribution in [0.15, 0.2) is 46.9 Å². The SMILES string of the molecule is CC.COc1ccc(CCC(=O)C2=C(O)C(CCC(C)C)=C(O)C(CCC(C)C)(CCC(C)C)C2=O)cc1. The van der Waals surface area contributed by atoms with E-state index in [1.165, 1.54) is 0 Å². The minimum atomic E-state index is -1.15. The maximum atomic E-state index is 14.1. The Hall–Kier alpha value is -2.56. The van der Waals surface area contributed by atoms with Gasteiger partial charge in [0.15, 0.2) is 11.6 Å². The molecule has 1 aliphatic rings. The van der Waals surface area contributed by atoms with E-state index >= 15 is 0 Å². The number of rotatable bonds is 14. The Balaban J connectivity index is 0.00000352. The van der Waals surface area contributed by atoms with Crippen molar-refractivity contribution in [3.8, 4) is 5.75 Å². The number of carbonyl (C=O) groups is 2. The zero-order chi connectivity index (χ0) is 29.0. The summed E-state index contributed by atoms with van der Waals surface area (Å²) in [5.41, 5.74) is 0.0612. The van der Waals surface area contributed by atoms with Gasteiger partial charge in [-0.05, 0) is 80.4 Å². The van der Waals surface area contributed by atoms with Crippen LogP contribution in [0, 0.1) is 23.2 Å². The number of ether oxygens (including phenoxy) is 1. The van der Waals surface area contributed by atoms with Gasteiger partial charge in [-0.2, -0.15) is 0 Å². The maximum Gasteiger partial charge on any atom is 0.183 e. The van der Waals surface area contributed by atoms with E-state index in [9.17, 15) is 19.8 Å². The third-order valence-electron chi connectivity index (χ3n) is 7.27. The number of ketones is 2. The first kappa shape index (κ1) is 33.5. The smallest absolute Gasteiger partial charge is 0.183 e. The quantitative estimate of drug-likeness (QED) is 0.236. The highest BCUT2D eigenvalue weighted by molar-refractivity contribution is 6.24. The van der Waals surface area contributed by atoms with E-state index in [1.807, 2.05) is 38.1 Å². The van der Waals surface area contributed by atoms with Crippen molar-refractivity contribution in [3.63, 3.8) is 0 Å². The number of methoxy groups -OCH3 is 1. The molecule has 1 aromatic rings. The molecule has 0 unspecified atom stereocenters. The minimum Gasteiger partial charge on any atom is -0.511 e. The molecule has 0 atom stereocenters. The zero-order valence-corrected chi connectivity index (χ0v) is 25.3. The van der Waals surface area contributed by atoms with Crippen molar-refractivity contribution < 1.29 is 24.5 Å². The van der Waals surface area contributed by atoms with Gasteiger partial charge in [-0.3, -0.25) is 9.59 Å². The van der Waals surface area contributed by atoms with Crippen molar-refractivity contribution in [3.05, 3.63) is 52.5 Å². The molecule has 0 saturated carbocycles. The molecule has 0 aliphatic heterocycles. The van der Waals surface area contributed by atoms with Crippen LogP contribution in [-0.2, 0) is 16.0 Å². The Bertz CT molecular complexity index is 952. The monoisotopic (exact) mass is 528 g/mol. The van der Waals surface area contributed by atoms with Crippen molar-refractivity contribution in [2.24, 2.45) is 23.2 Å². The van der Waals surface area contributed by atoms with E-state index in [1.54, 1.807) is 7.11 Å². The molecule has 1 aliphatic carbocycles. The number of aliphatic hydroxyl groups excluding tert-OH is 2. The Kier molecular flexibility index (Phi) is 13.9. The predicted molar refractivity (Wildman–Crippen MR) is 157 cm³/mol. The highest BCUT2D eigenvalue weighted by atomic mass is 16.5. The Morgan fingerprint density at radius 3 is 1.79 bits per heavy atom. The lowest BCUT2D eigenvalue weighted by molar-refractivity contribution is -0.129. The molecular formula is C33H52O5. The summed E-state index contributed by atoms with van der Waals surface area (Å²) in [5.74, 6) is 0.673. The normalized spacial score (nSPS) is 15.3. The number of Topliss-reactive ketones (excluding diaryl/α,β-unsaturated/α-hetero) is 2. The van der Waals surface area contributed by atoms with E-state index < -0.39 is 11.2 Å². The highest BCUT2D eigenvalue weighted by Crippen LogP contribution is 2.48. The lowest BCUT2D eigenvalue weighted by Gasteiger charge is -2.38. The van der Waals surface area contributed by atoms with Crippen LogP contribution in [0.25, 0.3) is 0 Å². The second-order valence-corrected chi connectivity index (χ2v) is 11.5. The van der Waals surface area contributed by atoms with E-state index in [-0.39, 0.29) is 29.3 Å². The predicted octanol–water partition coefficient (Wildman–Crippen LogP) is 8.73. The van der Waals surface area contributed by atoms with Crippen LogP contribution in [0.2, 0.25) is 0 Å². The van der Waals surface area contributed by atoms with Crippen molar-refractivity contribution in [2.75, 3.05) is 7.11 Å². The molecule has 5 heteroatoms. The van der Waals surface area contributed by atoms with Gasteiger partial charge in [-0.15, -0.1) is 0 Å². The number of hydrogen-bond acceptors (Lipinski definition) is 5. The summed E-state index contributed by atoms with van der Waals surface area (Å²) in [6.45, 7) is 16.5. The van der Waals surface area contributed by atoms with Crippen LogP contribution in [0.3, 0.4) is 0 Å². The Morgan fingerprint density at radius 2 is 1.34 bits per heavy atom. The number of benzene rings is 1. The lowest BCUT2D eigenvalue weighted by Crippen LogP contribution is -2.41. The van der Waals surface area contributed by atoms with Crippen molar-refractivity contribution >= 4 is 11.6 Å². The van der Waals surface area contributed by atoms with Crippen molar-refractivity contribution in [1.29, 1.82) is 0 Å². The molecule has 0 amide bonds. The second kappa shape index (κ2) is 15.8. The van der Waals surface area contributed by atoms with Crippen LogP contribution < -0.4 is 4.74 Å². The van der Waals surface area contributed by atoms with Gasteiger partial charge in [-0.1, -0.05) is 67.5 Å². The number of aliphatic hydroxyl groups is 2. The summed E-state index contributed by atoms with van der Waals surface area (Å²) in [4.78, 5) is 27.6. The summed E-state index contributed by atoms with van der Waals surface area (Å²) in [5, 5.41) is 22.8. The second-order valence-electron chi connectivity index (χ2n) is 11.5. The summed E-state index contributed by atoms with van der Waals surface area (Å²) in [6.07, 6.45) is 4.18. The molecule has 2 rings (SSSR count). The first-order valence-electron chi connectivity index (χ1n) is 14.5. The van der Waals surface area contributed by atoms with Gasteiger partial charge in [0.05, 0.1) is 12.5 Å². The fourth-order valence-electron chi connectivity index (χ4n) is 4.77. The maximum absolute atomic E-state index is 14.1. The van der Waals surface area contributed by atoms with Gasteiger partial charge in [0.25, 0.3) is 0 Å². The van der Waals surface area contributed by atoms with Crippen molar-refractivity contribution in [1.82, 2.24) is 0 Å². The average molecular weight is 529 g/mol. The molecule has 0 aromatic heterocycles. The molecule has 214 valence electrons. The zero-order valence-electron chi connectivity index (χ0n) is 25.3. The largest absolute Gasteiger partial charge is 0.511 e. The third kappa shape index (κ3) is 8.74. The van der Waals surface area contributed by atoms with E-state index in [2.05, 4.69) is 41.5 Å². The van der Waals surface area contributed by atoms with E-state index in [0.717, 1.165) is 30.6 Å². The molecule has 0 radical (unpaired) electrons. The first-order chi connectivity index (χ1) is 17.9. The molecule has 0 fully saturated rings. The van der Waals surface area contributed by atoms with Gasteiger partial charge in [-0.25, -0.2) is 0 Å². The van der Waals surface area contributed by atoms with Crippen LogP contribution in [0.4, 0.5) is 0 Å². The molecule has 0 saturated heterocycles. The molecule has 0 heterocycles. The molecule has 1 aromatic carbocycles. The number of carbonyl (C=O) groups excluding carboxylic acids is 2. The fraction of sp³-hybridized carbons (Fsp3) is 0.636. The lowest BCUT2D eigenvalue weighted by atomic mass is 9.64. The van der Waals surface area contributed by atoms with Crippen LogP contribution >= 0.6 is 0 Å². The molecular weight excluding hydrogens is 476 g/mol. The molecule has 2 N–H and O–H groups in total. The summed E-state index contributed by atoms with van der Waals surface area (Å²) < 4.78 is 5.20. The van der Waals surface area contributed by atoms with E-state index in [4.69, 9.17) is 4.74 Å². The molecule has 5 nitrogen and oxygen atoms in total. The standard InChI is InChI=1S/C31H46O5.C2H6/c1-20(2)8-14-25-28(33)27(26(32)15-11-23-9-12-24(36-7)13-10-23)30(35)31(29(25)34,18-16-21(3)4)19-17-22(5)6;1-2/h9-10,12-13,20-22,33-34H,8,11,14-19H2,1-7H3;1-2H3. The van der Waals surface area contributed by atoms with Gasteiger partial charge in [0.1, 0.15) is 22.8 Å². The van der Waals surface area contributed by atoms with Gasteiger partial charge < -0.3 is 14.9 Å². The molecule has 38 heavy (non-hydrogen) atoms. The topological polar surface area (TPSA) is 83.8 Å². The number of aryl methyl sites for hydroxylation is 1.